The van der Waals surface area contributed by atoms with Gasteiger partial charge in [0.25, 0.3) is 0 Å². The molecule has 3 atom stereocenters. The molecule has 1 nitrogen and oxygen atoms in total. The molecule has 0 amide bonds. The highest BCUT2D eigenvalue weighted by Gasteiger charge is 2.27. The number of nitrogens with two attached hydrogens (primary N) is 1. The number of benzene rings is 1. The quantitative estimate of drug-likeness (QED) is 0.864. The molecule has 2 heteroatoms. The minimum absolute atomic E-state index is 0.352. The van der Waals surface area contributed by atoms with Gasteiger partial charge in [0.05, 0.1) is 0 Å². The summed E-state index contributed by atoms with van der Waals surface area (Å²) in [5, 5.41) is 0.904. The molecule has 0 aliphatic heterocycles. The lowest BCUT2D eigenvalue weighted by Gasteiger charge is -2.34. The molecule has 0 radical (unpaired) electrons. The Kier molecular flexibility index (Phi) is 4.69. The van der Waals surface area contributed by atoms with Gasteiger partial charge in [-0.3, -0.25) is 0 Å². The van der Waals surface area contributed by atoms with Crippen LogP contribution in [-0.2, 0) is 6.42 Å². The Hall–Kier alpha value is -0.530. The zero-order chi connectivity index (χ0) is 13.1. The number of halogens is 1. The van der Waals surface area contributed by atoms with Crippen molar-refractivity contribution in [2.45, 2.75) is 52.0 Å². The standard InChI is InChI=1S/C16H24ClN/c1-3-12-5-7-16(18)14(9-12)10-13-6-4-11(2)8-15(13)17/h4,6,8,12,14,16H,3,5,7,9-10,18H2,1-2H3. The highest BCUT2D eigenvalue weighted by Crippen LogP contribution is 2.33. The molecule has 0 aromatic heterocycles. The van der Waals surface area contributed by atoms with Crippen LogP contribution in [-0.4, -0.2) is 6.04 Å². The lowest BCUT2D eigenvalue weighted by molar-refractivity contribution is 0.227. The zero-order valence-electron chi connectivity index (χ0n) is 11.5. The van der Waals surface area contributed by atoms with Crippen LogP contribution in [0.2, 0.25) is 5.02 Å². The molecular weight excluding hydrogens is 242 g/mol. The van der Waals surface area contributed by atoms with E-state index < -0.39 is 0 Å². The van der Waals surface area contributed by atoms with E-state index in [1.165, 1.54) is 36.8 Å². The number of hydrogen-bond donors (Lipinski definition) is 1. The predicted molar refractivity (Wildman–Crippen MR) is 79.0 cm³/mol. The monoisotopic (exact) mass is 265 g/mol. The van der Waals surface area contributed by atoms with Gasteiger partial charge in [0.15, 0.2) is 0 Å². The lowest BCUT2D eigenvalue weighted by Crippen LogP contribution is -2.37. The van der Waals surface area contributed by atoms with E-state index in [2.05, 4.69) is 32.0 Å². The van der Waals surface area contributed by atoms with Gasteiger partial charge in [-0.15, -0.1) is 0 Å². The number of rotatable bonds is 3. The second-order valence-corrected chi connectivity index (χ2v) is 6.22. The van der Waals surface area contributed by atoms with Crippen LogP contribution in [0.5, 0.6) is 0 Å². The Balaban J connectivity index is 2.07. The van der Waals surface area contributed by atoms with E-state index in [0.29, 0.717) is 12.0 Å². The summed E-state index contributed by atoms with van der Waals surface area (Å²) in [6.45, 7) is 4.37. The van der Waals surface area contributed by atoms with Gasteiger partial charge in [-0.2, -0.15) is 0 Å². The van der Waals surface area contributed by atoms with Crippen LogP contribution in [0.3, 0.4) is 0 Å². The third kappa shape index (κ3) is 3.27. The van der Waals surface area contributed by atoms with E-state index in [-0.39, 0.29) is 0 Å². The highest BCUT2D eigenvalue weighted by molar-refractivity contribution is 6.31. The molecular formula is C16H24ClN. The smallest absolute Gasteiger partial charge is 0.0440 e. The van der Waals surface area contributed by atoms with Gasteiger partial charge < -0.3 is 5.73 Å². The molecule has 1 aromatic carbocycles. The predicted octanol–water partition coefficient (Wildman–Crippen LogP) is 4.34. The van der Waals surface area contributed by atoms with E-state index in [1.807, 2.05) is 0 Å². The van der Waals surface area contributed by atoms with Crippen molar-refractivity contribution < 1.29 is 0 Å². The summed E-state index contributed by atoms with van der Waals surface area (Å²) in [4.78, 5) is 0. The minimum Gasteiger partial charge on any atom is -0.327 e. The Morgan fingerprint density at radius 1 is 1.33 bits per heavy atom. The lowest BCUT2D eigenvalue weighted by atomic mass is 9.75. The summed E-state index contributed by atoms with van der Waals surface area (Å²) in [5.41, 5.74) is 8.77. The van der Waals surface area contributed by atoms with Gasteiger partial charge >= 0.3 is 0 Å². The van der Waals surface area contributed by atoms with Gasteiger partial charge in [-0.05, 0) is 61.6 Å². The molecule has 0 saturated heterocycles. The Morgan fingerprint density at radius 2 is 2.11 bits per heavy atom. The first-order valence-electron chi connectivity index (χ1n) is 7.10. The summed E-state index contributed by atoms with van der Waals surface area (Å²) in [7, 11) is 0. The summed E-state index contributed by atoms with van der Waals surface area (Å²) in [5.74, 6) is 1.46. The molecule has 0 spiro atoms. The van der Waals surface area contributed by atoms with Crippen molar-refractivity contribution in [1.29, 1.82) is 0 Å². The molecule has 2 N–H and O–H groups in total. The SMILES string of the molecule is CCC1CCC(N)C(Cc2ccc(C)cc2Cl)C1. The van der Waals surface area contributed by atoms with Crippen LogP contribution in [0.4, 0.5) is 0 Å². The van der Waals surface area contributed by atoms with Crippen molar-refractivity contribution in [2.24, 2.45) is 17.6 Å². The molecule has 1 aromatic rings. The van der Waals surface area contributed by atoms with Crippen LogP contribution < -0.4 is 5.73 Å². The Labute approximate surface area is 116 Å². The summed E-state index contributed by atoms with van der Waals surface area (Å²) in [6, 6.07) is 6.72. The van der Waals surface area contributed by atoms with Crippen LogP contribution in [0.15, 0.2) is 18.2 Å². The maximum absolute atomic E-state index is 6.33. The van der Waals surface area contributed by atoms with E-state index in [0.717, 1.165) is 17.4 Å². The van der Waals surface area contributed by atoms with E-state index in [1.54, 1.807) is 0 Å². The summed E-state index contributed by atoms with van der Waals surface area (Å²) >= 11 is 6.33. The highest BCUT2D eigenvalue weighted by atomic mass is 35.5. The molecule has 100 valence electrons. The third-order valence-corrected chi connectivity index (χ3v) is 4.77. The third-order valence-electron chi connectivity index (χ3n) is 4.42. The molecule has 18 heavy (non-hydrogen) atoms. The fourth-order valence-electron chi connectivity index (χ4n) is 3.09. The minimum atomic E-state index is 0.352. The van der Waals surface area contributed by atoms with Gasteiger partial charge in [-0.25, -0.2) is 0 Å². The molecule has 1 fully saturated rings. The van der Waals surface area contributed by atoms with Crippen LogP contribution in [0.25, 0.3) is 0 Å². The largest absolute Gasteiger partial charge is 0.327 e. The van der Waals surface area contributed by atoms with Crippen molar-refractivity contribution >= 4 is 11.6 Å². The van der Waals surface area contributed by atoms with E-state index >= 15 is 0 Å². The number of aryl methyl sites for hydroxylation is 1. The van der Waals surface area contributed by atoms with Crippen LogP contribution in [0.1, 0.15) is 43.7 Å². The molecule has 1 saturated carbocycles. The maximum atomic E-state index is 6.33. The first-order chi connectivity index (χ1) is 8.60. The zero-order valence-corrected chi connectivity index (χ0v) is 12.2. The average Bonchev–Trinajstić information content (AvgIpc) is 2.35. The summed E-state index contributed by atoms with van der Waals surface area (Å²) < 4.78 is 0. The first kappa shape index (κ1) is 13.9. The van der Waals surface area contributed by atoms with Crippen LogP contribution >= 0.6 is 11.6 Å². The van der Waals surface area contributed by atoms with Gasteiger partial charge in [0.2, 0.25) is 0 Å². The maximum Gasteiger partial charge on any atom is 0.0440 e. The van der Waals surface area contributed by atoms with Gasteiger partial charge in [-0.1, -0.05) is 37.1 Å². The van der Waals surface area contributed by atoms with Crippen molar-refractivity contribution in [3.63, 3.8) is 0 Å². The first-order valence-corrected chi connectivity index (χ1v) is 7.48. The second-order valence-electron chi connectivity index (χ2n) is 5.81. The Bertz CT molecular complexity index is 402. The average molecular weight is 266 g/mol. The molecule has 3 unspecified atom stereocenters. The van der Waals surface area contributed by atoms with Crippen molar-refractivity contribution in [3.8, 4) is 0 Å². The molecule has 0 heterocycles. The normalized spacial score (nSPS) is 28.3. The van der Waals surface area contributed by atoms with E-state index in [9.17, 15) is 0 Å². The topological polar surface area (TPSA) is 26.0 Å². The Morgan fingerprint density at radius 3 is 2.78 bits per heavy atom. The molecule has 0 bridgehead atoms. The van der Waals surface area contributed by atoms with E-state index in [4.69, 9.17) is 17.3 Å². The fraction of sp³-hybridized carbons (Fsp3) is 0.625. The molecule has 1 aliphatic rings. The van der Waals surface area contributed by atoms with Gasteiger partial charge in [0.1, 0.15) is 0 Å². The van der Waals surface area contributed by atoms with Crippen molar-refractivity contribution in [3.05, 3.63) is 34.3 Å². The van der Waals surface area contributed by atoms with Crippen molar-refractivity contribution in [2.75, 3.05) is 0 Å². The molecule has 2 rings (SSSR count). The molecule has 1 aliphatic carbocycles. The summed E-state index contributed by atoms with van der Waals surface area (Å²) in [6.07, 6.45) is 6.06. The van der Waals surface area contributed by atoms with Crippen molar-refractivity contribution in [1.82, 2.24) is 0 Å². The van der Waals surface area contributed by atoms with Crippen LogP contribution in [0, 0.1) is 18.8 Å². The fourth-order valence-corrected chi connectivity index (χ4v) is 3.40. The second kappa shape index (κ2) is 6.08. The van der Waals surface area contributed by atoms with Gasteiger partial charge in [0, 0.05) is 11.1 Å². The number of hydrogen-bond acceptors (Lipinski definition) is 1.